The second-order valence-corrected chi connectivity index (χ2v) is 6.55. The molecule has 1 saturated heterocycles. The first kappa shape index (κ1) is 14.4. The Morgan fingerprint density at radius 2 is 2.38 bits per heavy atom. The number of rotatable bonds is 4. The zero-order valence-corrected chi connectivity index (χ0v) is 12.3. The van der Waals surface area contributed by atoms with Crippen LogP contribution in [0.5, 0.6) is 0 Å². The molecule has 0 aromatic carbocycles. The minimum atomic E-state index is -1.14. The third-order valence-corrected chi connectivity index (χ3v) is 5.53. The molecule has 3 rings (SSSR count). The van der Waals surface area contributed by atoms with Crippen LogP contribution in [0.15, 0.2) is 34.9 Å². The number of carbonyl (C=O) groups is 2. The van der Waals surface area contributed by atoms with Crippen molar-refractivity contribution in [2.45, 2.75) is 16.5 Å². The van der Waals surface area contributed by atoms with Crippen molar-refractivity contribution in [1.29, 1.82) is 0 Å². The van der Waals surface area contributed by atoms with Gasteiger partial charge in [0.15, 0.2) is 6.10 Å². The second-order valence-electron chi connectivity index (χ2n) is 4.45. The van der Waals surface area contributed by atoms with Gasteiger partial charge >= 0.3 is 5.97 Å². The quantitative estimate of drug-likeness (QED) is 0.459. The minimum absolute atomic E-state index is 0.00407. The number of fused-ring (bicyclic) bond motifs is 1. The molecular weight excluding hydrogens is 314 g/mol. The molecule has 2 aliphatic rings. The average Bonchev–Trinajstić information content (AvgIpc) is 2.52. The molecule has 2 aliphatic heterocycles. The first-order chi connectivity index (χ1) is 10.1. The van der Waals surface area contributed by atoms with Crippen LogP contribution in [0.1, 0.15) is 0 Å². The Hall–Kier alpha value is -1.58. The van der Waals surface area contributed by atoms with Gasteiger partial charge in [-0.2, -0.15) is 0 Å². The van der Waals surface area contributed by atoms with E-state index in [9.17, 15) is 19.8 Å². The highest BCUT2D eigenvalue weighted by atomic mass is 32.2. The summed E-state index contributed by atoms with van der Waals surface area (Å²) < 4.78 is 0. The molecule has 21 heavy (non-hydrogen) atoms. The molecule has 0 radical (unpaired) electrons. The number of amides is 1. The summed E-state index contributed by atoms with van der Waals surface area (Å²) in [6.07, 6.45) is 1.94. The first-order valence-electron chi connectivity index (χ1n) is 6.06. The number of carbonyl (C=O) groups excluding carboxylic acids is 1. The maximum Gasteiger partial charge on any atom is 0.352 e. The van der Waals surface area contributed by atoms with Gasteiger partial charge in [-0.15, -0.1) is 23.5 Å². The number of nitrogens with zero attached hydrogens (tertiary/aromatic N) is 3. The van der Waals surface area contributed by atoms with Crippen LogP contribution in [-0.2, 0) is 9.59 Å². The predicted molar refractivity (Wildman–Crippen MR) is 76.5 cm³/mol. The molecule has 1 amide bonds. The summed E-state index contributed by atoms with van der Waals surface area (Å²) in [5.74, 6) is -0.781. The monoisotopic (exact) mass is 325 g/mol. The average molecular weight is 325 g/mol. The molecule has 0 bridgehead atoms. The van der Waals surface area contributed by atoms with Gasteiger partial charge in [0.25, 0.3) is 5.91 Å². The fraction of sp³-hybridized carbons (Fsp3) is 0.333. The van der Waals surface area contributed by atoms with Gasteiger partial charge in [-0.25, -0.2) is 14.8 Å². The van der Waals surface area contributed by atoms with Gasteiger partial charge < -0.3 is 10.2 Å². The molecule has 0 aliphatic carbocycles. The highest BCUT2D eigenvalue weighted by Gasteiger charge is 2.52. The Bertz CT molecular complexity index is 622. The molecule has 7 nitrogen and oxygen atoms in total. The predicted octanol–water partition coefficient (Wildman–Crippen LogP) is 0.183. The standard InChI is InChI=1S/C12H11N3O4S2/c16-9-10(17)15-8(12(18)19)6(4-21-11(9)15)3-20-7-1-2-13-5-14-7/h1-2,5,9,11,16H,3-4H2,(H,18,19)/t9-,11+/m1/s1. The lowest BCUT2D eigenvalue weighted by Crippen LogP contribution is -2.64. The number of aliphatic hydroxyl groups excluding tert-OH is 1. The molecule has 3 heterocycles. The van der Waals surface area contributed by atoms with E-state index in [1.54, 1.807) is 12.3 Å². The number of aliphatic hydroxyl groups is 1. The molecule has 0 saturated carbocycles. The van der Waals surface area contributed by atoms with Crippen LogP contribution in [0.2, 0.25) is 0 Å². The van der Waals surface area contributed by atoms with E-state index < -0.39 is 23.4 Å². The van der Waals surface area contributed by atoms with Gasteiger partial charge in [-0.05, 0) is 11.6 Å². The lowest BCUT2D eigenvalue weighted by molar-refractivity contribution is -0.159. The number of thioether (sulfide) groups is 2. The van der Waals surface area contributed by atoms with Crippen molar-refractivity contribution in [2.75, 3.05) is 11.5 Å². The summed E-state index contributed by atoms with van der Waals surface area (Å²) in [6.45, 7) is 0. The Kier molecular flexibility index (Phi) is 3.87. The van der Waals surface area contributed by atoms with Crippen LogP contribution in [-0.4, -0.2) is 59.9 Å². The topological polar surface area (TPSA) is 104 Å². The van der Waals surface area contributed by atoms with Gasteiger partial charge in [-0.1, -0.05) is 0 Å². The largest absolute Gasteiger partial charge is 0.477 e. The zero-order chi connectivity index (χ0) is 15.0. The number of carboxylic acids is 1. The third kappa shape index (κ3) is 2.52. The SMILES string of the molecule is O=C(O)C1=C(CSc2ccncn2)CS[C@H]2[C@H](O)C(=O)N12. The molecular formula is C12H11N3O4S2. The fourth-order valence-corrected chi connectivity index (χ4v) is 4.40. The lowest BCUT2D eigenvalue weighted by Gasteiger charge is -2.47. The van der Waals surface area contributed by atoms with Crippen LogP contribution in [0, 0.1) is 0 Å². The van der Waals surface area contributed by atoms with Crippen molar-refractivity contribution < 1.29 is 19.8 Å². The highest BCUT2D eigenvalue weighted by molar-refractivity contribution is 8.01. The summed E-state index contributed by atoms with van der Waals surface area (Å²) in [5, 5.41) is 19.2. The van der Waals surface area contributed by atoms with E-state index >= 15 is 0 Å². The Morgan fingerprint density at radius 1 is 1.57 bits per heavy atom. The molecule has 110 valence electrons. The van der Waals surface area contributed by atoms with E-state index in [0.717, 1.165) is 5.03 Å². The summed E-state index contributed by atoms with van der Waals surface area (Å²) in [4.78, 5) is 32.2. The number of aromatic nitrogens is 2. The van der Waals surface area contributed by atoms with Gasteiger partial charge in [0.2, 0.25) is 0 Å². The summed E-state index contributed by atoms with van der Waals surface area (Å²) >= 11 is 2.77. The van der Waals surface area contributed by atoms with Crippen molar-refractivity contribution in [3.05, 3.63) is 29.9 Å². The van der Waals surface area contributed by atoms with Crippen LogP contribution in [0.25, 0.3) is 0 Å². The Morgan fingerprint density at radius 3 is 3.05 bits per heavy atom. The third-order valence-electron chi connectivity index (χ3n) is 3.17. The van der Waals surface area contributed by atoms with Crippen molar-refractivity contribution in [2.24, 2.45) is 0 Å². The lowest BCUT2D eigenvalue weighted by atomic mass is 10.1. The van der Waals surface area contributed by atoms with Gasteiger partial charge in [0, 0.05) is 17.7 Å². The Balaban J connectivity index is 1.81. The molecule has 1 aromatic rings. The highest BCUT2D eigenvalue weighted by Crippen LogP contribution is 2.41. The first-order valence-corrected chi connectivity index (χ1v) is 8.10. The molecule has 0 spiro atoms. The van der Waals surface area contributed by atoms with E-state index in [-0.39, 0.29) is 5.70 Å². The van der Waals surface area contributed by atoms with E-state index in [2.05, 4.69) is 9.97 Å². The van der Waals surface area contributed by atoms with Gasteiger partial charge in [-0.3, -0.25) is 9.69 Å². The minimum Gasteiger partial charge on any atom is -0.477 e. The maximum atomic E-state index is 11.7. The number of hydrogen-bond acceptors (Lipinski definition) is 7. The fourth-order valence-electron chi connectivity index (χ4n) is 2.17. The second kappa shape index (κ2) is 5.66. The summed E-state index contributed by atoms with van der Waals surface area (Å²) in [7, 11) is 0. The van der Waals surface area contributed by atoms with Crippen molar-refractivity contribution in [1.82, 2.24) is 14.9 Å². The molecule has 9 heteroatoms. The maximum absolute atomic E-state index is 11.7. The van der Waals surface area contributed by atoms with Crippen LogP contribution < -0.4 is 0 Å². The smallest absolute Gasteiger partial charge is 0.352 e. The van der Waals surface area contributed by atoms with Crippen molar-refractivity contribution in [3.63, 3.8) is 0 Å². The summed E-state index contributed by atoms with van der Waals surface area (Å²) in [5.41, 5.74) is 0.656. The van der Waals surface area contributed by atoms with E-state index in [1.165, 1.54) is 34.8 Å². The van der Waals surface area contributed by atoms with Crippen molar-refractivity contribution >= 4 is 35.4 Å². The molecule has 1 fully saturated rings. The molecule has 2 atom stereocenters. The van der Waals surface area contributed by atoms with E-state index in [4.69, 9.17) is 0 Å². The van der Waals surface area contributed by atoms with Crippen LogP contribution in [0.4, 0.5) is 0 Å². The van der Waals surface area contributed by atoms with Crippen LogP contribution >= 0.6 is 23.5 Å². The van der Waals surface area contributed by atoms with Gasteiger partial charge in [0.1, 0.15) is 17.4 Å². The molecule has 1 aromatic heterocycles. The van der Waals surface area contributed by atoms with E-state index in [0.29, 0.717) is 17.1 Å². The molecule has 0 unspecified atom stereocenters. The van der Waals surface area contributed by atoms with Gasteiger partial charge in [0.05, 0.1) is 5.03 Å². The normalized spacial score (nSPS) is 24.6. The van der Waals surface area contributed by atoms with E-state index in [1.807, 2.05) is 0 Å². The summed E-state index contributed by atoms with van der Waals surface area (Å²) in [6, 6.07) is 1.74. The molecule has 2 N–H and O–H groups in total. The number of carboxylic acid groups (broad SMARTS) is 1. The zero-order valence-electron chi connectivity index (χ0n) is 10.7. The van der Waals surface area contributed by atoms with Crippen LogP contribution in [0.3, 0.4) is 0 Å². The number of β-lactam (4-membered cyclic amide) rings is 1. The Labute approximate surface area is 128 Å². The number of aliphatic carboxylic acids is 1. The number of hydrogen-bond donors (Lipinski definition) is 2. The van der Waals surface area contributed by atoms with Crippen molar-refractivity contribution in [3.8, 4) is 0 Å².